The van der Waals surface area contributed by atoms with E-state index >= 15 is 0 Å². The van der Waals surface area contributed by atoms with E-state index in [1.807, 2.05) is 51.0 Å². The van der Waals surface area contributed by atoms with Crippen LogP contribution in [0.3, 0.4) is 0 Å². The highest BCUT2D eigenvalue weighted by molar-refractivity contribution is 9.10. The lowest BCUT2D eigenvalue weighted by molar-refractivity contribution is 0.0985. The van der Waals surface area contributed by atoms with Crippen molar-refractivity contribution in [1.29, 1.82) is 0 Å². The van der Waals surface area contributed by atoms with Gasteiger partial charge in [-0.2, -0.15) is 4.31 Å². The molecule has 192 valence electrons. The number of amides is 1. The summed E-state index contributed by atoms with van der Waals surface area (Å²) in [4.78, 5) is 22.1. The Balaban J connectivity index is 0.00000432. The molecular formula is C24H32BrClN4O3S2. The molecule has 2 aromatic carbocycles. The molecule has 1 aromatic heterocycles. The molecule has 0 atom stereocenters. The third kappa shape index (κ3) is 7.24. The molecule has 1 amide bonds. The smallest absolute Gasteiger partial charge is 0.260 e. The minimum absolute atomic E-state index is 0. The maximum atomic E-state index is 13.5. The summed E-state index contributed by atoms with van der Waals surface area (Å²) in [5.41, 5.74) is 1.26. The summed E-state index contributed by atoms with van der Waals surface area (Å²) in [7, 11) is 0.314. The summed E-state index contributed by atoms with van der Waals surface area (Å²) < 4.78 is 29.5. The lowest BCUT2D eigenvalue weighted by Crippen LogP contribution is -2.36. The zero-order valence-electron chi connectivity index (χ0n) is 20.4. The van der Waals surface area contributed by atoms with Crippen LogP contribution in [0.5, 0.6) is 0 Å². The lowest BCUT2D eigenvalue weighted by atomic mass is 10.2. The number of hydrogen-bond donors (Lipinski definition) is 0. The Morgan fingerprint density at radius 2 is 1.71 bits per heavy atom. The first-order valence-electron chi connectivity index (χ1n) is 11.3. The van der Waals surface area contributed by atoms with Crippen molar-refractivity contribution in [2.75, 3.05) is 45.2 Å². The topological polar surface area (TPSA) is 73.8 Å². The first-order chi connectivity index (χ1) is 16.2. The molecule has 0 aliphatic heterocycles. The molecule has 1 heterocycles. The number of unbranched alkanes of at least 4 members (excludes halogenated alkanes) is 1. The van der Waals surface area contributed by atoms with Gasteiger partial charge < -0.3 is 4.90 Å². The second-order valence-electron chi connectivity index (χ2n) is 8.24. The first-order valence-corrected chi connectivity index (χ1v) is 14.3. The summed E-state index contributed by atoms with van der Waals surface area (Å²) >= 11 is 4.94. The Morgan fingerprint density at radius 3 is 2.31 bits per heavy atom. The molecule has 0 aliphatic rings. The fourth-order valence-corrected chi connectivity index (χ4v) is 6.47. The molecule has 0 unspecified atom stereocenters. The number of fused-ring (bicyclic) bond motifs is 1. The van der Waals surface area contributed by atoms with Gasteiger partial charge >= 0.3 is 0 Å². The molecule has 0 N–H and O–H groups in total. The number of carbonyl (C=O) groups is 1. The Hall–Kier alpha value is -1.56. The summed E-state index contributed by atoms with van der Waals surface area (Å²) in [5.74, 6) is -0.206. The quantitative estimate of drug-likeness (QED) is 0.289. The van der Waals surface area contributed by atoms with Crippen LogP contribution >= 0.6 is 39.7 Å². The van der Waals surface area contributed by atoms with Crippen molar-refractivity contribution in [2.24, 2.45) is 0 Å². The molecule has 0 fully saturated rings. The molecule has 7 nitrogen and oxygen atoms in total. The second kappa shape index (κ2) is 13.1. The van der Waals surface area contributed by atoms with E-state index in [2.05, 4.69) is 20.9 Å². The molecule has 3 aromatic rings. The zero-order valence-corrected chi connectivity index (χ0v) is 24.4. The highest BCUT2D eigenvalue weighted by Crippen LogP contribution is 2.31. The number of likely N-dealkylation sites (N-methyl/N-ethyl adjacent to an activating group) is 1. The van der Waals surface area contributed by atoms with Crippen LogP contribution in [0.25, 0.3) is 10.2 Å². The number of benzene rings is 2. The van der Waals surface area contributed by atoms with Crippen molar-refractivity contribution >= 4 is 71.0 Å². The van der Waals surface area contributed by atoms with Crippen molar-refractivity contribution < 1.29 is 13.2 Å². The second-order valence-corrected chi connectivity index (χ2v) is 12.1. The molecule has 0 bridgehead atoms. The van der Waals surface area contributed by atoms with E-state index in [4.69, 9.17) is 0 Å². The van der Waals surface area contributed by atoms with Gasteiger partial charge in [0.05, 0.1) is 15.1 Å². The van der Waals surface area contributed by atoms with Gasteiger partial charge in [-0.3, -0.25) is 9.69 Å². The molecule has 0 aliphatic carbocycles. The average molecular weight is 604 g/mol. The van der Waals surface area contributed by atoms with Crippen molar-refractivity contribution in [2.45, 2.75) is 31.6 Å². The zero-order chi connectivity index (χ0) is 24.9. The van der Waals surface area contributed by atoms with E-state index in [-0.39, 0.29) is 23.2 Å². The Labute approximate surface area is 226 Å². The third-order valence-corrected chi connectivity index (χ3v) is 8.96. The largest absolute Gasteiger partial charge is 0.308 e. The monoisotopic (exact) mass is 602 g/mol. The molecule has 11 heteroatoms. The number of hydrogen-bond acceptors (Lipinski definition) is 6. The van der Waals surface area contributed by atoms with E-state index < -0.39 is 10.0 Å². The standard InChI is InChI=1S/C24H31BrN4O3S2.ClH/c1-5-7-14-28(6-2)34(31,32)20-11-8-18(9-12-20)23(30)29(16-15-27(3)4)24-26-21-13-10-19(25)17-22(21)33-24;/h8-13,17H,5-7,14-16H2,1-4H3;1H. The third-order valence-electron chi connectivity index (χ3n) is 5.44. The van der Waals surface area contributed by atoms with Gasteiger partial charge in [-0.15, -0.1) is 12.4 Å². The van der Waals surface area contributed by atoms with E-state index in [0.29, 0.717) is 36.9 Å². The number of nitrogens with zero attached hydrogens (tertiary/aromatic N) is 4. The summed E-state index contributed by atoms with van der Waals surface area (Å²) in [6.45, 7) is 5.91. The van der Waals surface area contributed by atoms with Crippen LogP contribution in [0.1, 0.15) is 37.0 Å². The molecule has 0 spiro atoms. The molecule has 3 rings (SSSR count). The van der Waals surface area contributed by atoms with Gasteiger partial charge in [0.2, 0.25) is 10.0 Å². The van der Waals surface area contributed by atoms with Crippen LogP contribution in [0.2, 0.25) is 0 Å². The van der Waals surface area contributed by atoms with Crippen LogP contribution in [0.15, 0.2) is 51.8 Å². The van der Waals surface area contributed by atoms with Gasteiger partial charge in [-0.05, 0) is 63.0 Å². The Bertz CT molecular complexity index is 1230. The number of halogens is 2. The van der Waals surface area contributed by atoms with Gasteiger partial charge in [-0.1, -0.05) is 47.5 Å². The maximum absolute atomic E-state index is 13.5. The number of sulfonamides is 1. The predicted molar refractivity (Wildman–Crippen MR) is 151 cm³/mol. The van der Waals surface area contributed by atoms with Gasteiger partial charge in [0, 0.05) is 36.2 Å². The summed E-state index contributed by atoms with van der Waals surface area (Å²) in [6.07, 6.45) is 1.73. The predicted octanol–water partition coefficient (Wildman–Crippen LogP) is 5.50. The van der Waals surface area contributed by atoms with Crippen molar-refractivity contribution in [3.8, 4) is 0 Å². The molecule has 0 saturated heterocycles. The van der Waals surface area contributed by atoms with E-state index in [9.17, 15) is 13.2 Å². The van der Waals surface area contributed by atoms with Crippen LogP contribution < -0.4 is 4.90 Å². The van der Waals surface area contributed by atoms with Gasteiger partial charge in [0.15, 0.2) is 5.13 Å². The first kappa shape index (κ1) is 29.7. The SMILES string of the molecule is CCCCN(CC)S(=O)(=O)c1ccc(C(=O)N(CCN(C)C)c2nc3ccc(Br)cc3s2)cc1.Cl. The van der Waals surface area contributed by atoms with Gasteiger partial charge in [-0.25, -0.2) is 13.4 Å². The van der Waals surface area contributed by atoms with Crippen LogP contribution in [-0.2, 0) is 10.0 Å². The van der Waals surface area contributed by atoms with Crippen LogP contribution in [0, 0.1) is 0 Å². The number of rotatable bonds is 11. The van der Waals surface area contributed by atoms with Crippen LogP contribution in [-0.4, -0.2) is 68.8 Å². The van der Waals surface area contributed by atoms with Crippen molar-refractivity contribution in [1.82, 2.24) is 14.2 Å². The van der Waals surface area contributed by atoms with Crippen LogP contribution in [0.4, 0.5) is 5.13 Å². The summed E-state index contributed by atoms with van der Waals surface area (Å²) in [6, 6.07) is 12.1. The van der Waals surface area contributed by atoms with E-state index in [1.165, 1.54) is 27.8 Å². The average Bonchev–Trinajstić information content (AvgIpc) is 3.22. The fraction of sp³-hybridized carbons (Fsp3) is 0.417. The van der Waals surface area contributed by atoms with Gasteiger partial charge in [0.25, 0.3) is 5.91 Å². The summed E-state index contributed by atoms with van der Waals surface area (Å²) in [5, 5.41) is 0.619. The van der Waals surface area contributed by atoms with Gasteiger partial charge in [0.1, 0.15) is 0 Å². The molecule has 0 saturated carbocycles. The van der Waals surface area contributed by atoms with E-state index in [1.54, 1.807) is 17.0 Å². The normalized spacial score (nSPS) is 11.7. The number of carbonyl (C=O) groups excluding carboxylic acids is 1. The molecule has 35 heavy (non-hydrogen) atoms. The molecule has 0 radical (unpaired) electrons. The lowest BCUT2D eigenvalue weighted by Gasteiger charge is -2.23. The van der Waals surface area contributed by atoms with Crippen molar-refractivity contribution in [3.63, 3.8) is 0 Å². The minimum atomic E-state index is -3.59. The highest BCUT2D eigenvalue weighted by Gasteiger charge is 2.25. The minimum Gasteiger partial charge on any atom is -0.308 e. The highest BCUT2D eigenvalue weighted by atomic mass is 79.9. The number of aromatic nitrogens is 1. The number of thiazole rings is 1. The Kier molecular flexibility index (Phi) is 11.1. The van der Waals surface area contributed by atoms with Crippen molar-refractivity contribution in [3.05, 3.63) is 52.5 Å². The fourth-order valence-electron chi connectivity index (χ4n) is 3.44. The maximum Gasteiger partial charge on any atom is 0.260 e. The van der Waals surface area contributed by atoms with E-state index in [0.717, 1.165) is 27.5 Å². The molecular weight excluding hydrogens is 572 g/mol. The number of anilines is 1. The Morgan fingerprint density at radius 1 is 1.03 bits per heavy atom.